The molecule has 3 aliphatic rings. The van der Waals surface area contributed by atoms with E-state index in [4.69, 9.17) is 14.2 Å². The lowest BCUT2D eigenvalue weighted by Gasteiger charge is -2.19. The highest BCUT2D eigenvalue weighted by Crippen LogP contribution is 2.56. The Morgan fingerprint density at radius 1 is 1.06 bits per heavy atom. The standard InChI is InChI=1S/C22H26N2O7/c1-29-14-5-6-15(16(10-14)30-2)23-17(25)11-31-18(26)7-8-24-21(27)19-12-3-4-13(9-12)20(19)22(24)28/h5-6,10,12-13,19-20H,3-4,7-9,11H2,1-2H3,(H,23,25)/t12-,13-,19-,20-/m0/s1. The van der Waals surface area contributed by atoms with Crippen molar-refractivity contribution in [2.24, 2.45) is 23.7 Å². The molecule has 2 aliphatic carbocycles. The summed E-state index contributed by atoms with van der Waals surface area (Å²) in [5.41, 5.74) is 0.416. The maximum absolute atomic E-state index is 12.6. The Morgan fingerprint density at radius 3 is 2.35 bits per heavy atom. The number of rotatable bonds is 8. The summed E-state index contributed by atoms with van der Waals surface area (Å²) in [4.78, 5) is 50.7. The Kier molecular flexibility index (Phi) is 5.84. The molecular weight excluding hydrogens is 404 g/mol. The van der Waals surface area contributed by atoms with Crippen LogP contribution in [0.15, 0.2) is 18.2 Å². The van der Waals surface area contributed by atoms with Gasteiger partial charge in [0.15, 0.2) is 6.61 Å². The molecule has 3 fully saturated rings. The quantitative estimate of drug-likeness (QED) is 0.493. The molecule has 9 heteroatoms. The number of hydrogen-bond acceptors (Lipinski definition) is 7. The molecule has 0 spiro atoms. The molecule has 4 rings (SSSR count). The molecule has 1 heterocycles. The molecule has 1 N–H and O–H groups in total. The van der Waals surface area contributed by atoms with Crippen molar-refractivity contribution >= 4 is 29.4 Å². The van der Waals surface area contributed by atoms with Crippen LogP contribution in [0.4, 0.5) is 5.69 Å². The third-order valence-corrected chi connectivity index (χ3v) is 6.61. The van der Waals surface area contributed by atoms with Gasteiger partial charge in [-0.25, -0.2) is 0 Å². The number of imide groups is 1. The van der Waals surface area contributed by atoms with Crippen molar-refractivity contribution in [3.63, 3.8) is 0 Å². The smallest absolute Gasteiger partial charge is 0.308 e. The van der Waals surface area contributed by atoms with Crippen LogP contribution in [0.1, 0.15) is 25.7 Å². The number of ether oxygens (including phenoxy) is 3. The molecule has 1 saturated heterocycles. The maximum Gasteiger partial charge on any atom is 0.308 e. The summed E-state index contributed by atoms with van der Waals surface area (Å²) >= 11 is 0. The van der Waals surface area contributed by atoms with Crippen LogP contribution in [0.3, 0.4) is 0 Å². The van der Waals surface area contributed by atoms with Crippen molar-refractivity contribution in [2.45, 2.75) is 25.7 Å². The van der Waals surface area contributed by atoms with Crippen molar-refractivity contribution in [3.05, 3.63) is 18.2 Å². The first kappa shape index (κ1) is 21.1. The first-order valence-corrected chi connectivity index (χ1v) is 10.5. The van der Waals surface area contributed by atoms with Gasteiger partial charge in [0.05, 0.1) is 38.2 Å². The van der Waals surface area contributed by atoms with Crippen LogP contribution in [-0.2, 0) is 23.9 Å². The molecular formula is C22H26N2O7. The largest absolute Gasteiger partial charge is 0.497 e. The monoisotopic (exact) mass is 430 g/mol. The number of likely N-dealkylation sites (tertiary alicyclic amines) is 1. The zero-order chi connectivity index (χ0) is 22.1. The van der Waals surface area contributed by atoms with Crippen LogP contribution in [0.25, 0.3) is 0 Å². The number of carbonyl (C=O) groups excluding carboxylic acids is 4. The Morgan fingerprint density at radius 2 is 1.74 bits per heavy atom. The van der Waals surface area contributed by atoms with Gasteiger partial charge in [-0.05, 0) is 43.2 Å². The number of nitrogens with zero attached hydrogens (tertiary/aromatic N) is 1. The Labute approximate surface area is 180 Å². The van der Waals surface area contributed by atoms with E-state index < -0.39 is 18.5 Å². The van der Waals surface area contributed by atoms with Gasteiger partial charge in [0.1, 0.15) is 11.5 Å². The SMILES string of the molecule is COc1ccc(NC(=O)COC(=O)CCN2C(=O)[C@H]3[C@H]4CC[C@@H](C4)[C@@H]3C2=O)c(OC)c1. The summed E-state index contributed by atoms with van der Waals surface area (Å²) in [5.74, 6) is -0.286. The number of methoxy groups -OCH3 is 2. The van der Waals surface area contributed by atoms with Gasteiger partial charge >= 0.3 is 5.97 Å². The minimum Gasteiger partial charge on any atom is -0.497 e. The lowest BCUT2D eigenvalue weighted by atomic mass is 9.81. The first-order chi connectivity index (χ1) is 14.9. The molecule has 2 bridgehead atoms. The number of benzene rings is 1. The summed E-state index contributed by atoms with van der Waals surface area (Å²) in [6.45, 7) is -0.484. The average Bonchev–Trinajstić information content (AvgIpc) is 3.45. The van der Waals surface area contributed by atoms with E-state index >= 15 is 0 Å². The first-order valence-electron chi connectivity index (χ1n) is 10.5. The van der Waals surface area contributed by atoms with Crippen molar-refractivity contribution in [2.75, 3.05) is 32.7 Å². The lowest BCUT2D eigenvalue weighted by molar-refractivity contribution is -0.149. The fourth-order valence-corrected chi connectivity index (χ4v) is 5.20. The van der Waals surface area contributed by atoms with E-state index in [9.17, 15) is 19.2 Å². The van der Waals surface area contributed by atoms with Gasteiger partial charge in [-0.1, -0.05) is 0 Å². The van der Waals surface area contributed by atoms with Gasteiger partial charge in [0, 0.05) is 12.6 Å². The third kappa shape index (κ3) is 3.96. The topological polar surface area (TPSA) is 111 Å². The van der Waals surface area contributed by atoms with Crippen molar-refractivity contribution in [1.82, 2.24) is 4.90 Å². The molecule has 4 atom stereocenters. The summed E-state index contributed by atoms with van der Waals surface area (Å²) < 4.78 is 15.3. The normalized spacial score (nSPS) is 26.1. The van der Waals surface area contributed by atoms with Crippen LogP contribution in [0.2, 0.25) is 0 Å². The maximum atomic E-state index is 12.6. The second kappa shape index (κ2) is 8.56. The van der Waals surface area contributed by atoms with Crippen LogP contribution in [0, 0.1) is 23.7 Å². The summed E-state index contributed by atoms with van der Waals surface area (Å²) in [6, 6.07) is 4.90. The lowest BCUT2D eigenvalue weighted by Crippen LogP contribution is -2.35. The fourth-order valence-electron chi connectivity index (χ4n) is 5.20. The minimum atomic E-state index is -0.641. The van der Waals surface area contributed by atoms with Gasteiger partial charge in [0.2, 0.25) is 11.8 Å². The minimum absolute atomic E-state index is 0.00311. The fraction of sp³-hybridized carbons (Fsp3) is 0.545. The van der Waals surface area contributed by atoms with Gasteiger partial charge in [0.25, 0.3) is 5.91 Å². The molecule has 2 saturated carbocycles. The van der Waals surface area contributed by atoms with Gasteiger partial charge in [-0.15, -0.1) is 0 Å². The number of carbonyl (C=O) groups is 4. The highest BCUT2D eigenvalue weighted by molar-refractivity contribution is 6.06. The molecule has 166 valence electrons. The van der Waals surface area contributed by atoms with Crippen LogP contribution in [0.5, 0.6) is 11.5 Å². The van der Waals surface area contributed by atoms with Gasteiger partial charge in [-0.2, -0.15) is 0 Å². The Bertz CT molecular complexity index is 887. The molecule has 9 nitrogen and oxygen atoms in total. The van der Waals surface area contributed by atoms with Crippen LogP contribution < -0.4 is 14.8 Å². The van der Waals surface area contributed by atoms with E-state index in [2.05, 4.69) is 5.32 Å². The predicted octanol–water partition coefficient (Wildman–Crippen LogP) is 1.61. The number of hydrogen-bond donors (Lipinski definition) is 1. The summed E-state index contributed by atoms with van der Waals surface area (Å²) in [7, 11) is 2.98. The van der Waals surface area contributed by atoms with Crippen LogP contribution in [-0.4, -0.2) is 56.0 Å². The van der Waals surface area contributed by atoms with E-state index in [1.165, 1.54) is 19.1 Å². The van der Waals surface area contributed by atoms with E-state index in [0.717, 1.165) is 19.3 Å². The molecule has 0 unspecified atom stereocenters. The molecule has 1 aromatic rings. The molecule has 31 heavy (non-hydrogen) atoms. The second-order valence-electron chi connectivity index (χ2n) is 8.24. The zero-order valence-corrected chi connectivity index (χ0v) is 17.6. The van der Waals surface area contributed by atoms with E-state index in [1.807, 2.05) is 0 Å². The van der Waals surface area contributed by atoms with Crippen molar-refractivity contribution in [3.8, 4) is 11.5 Å². The molecule has 1 aliphatic heterocycles. The average molecular weight is 430 g/mol. The highest BCUT2D eigenvalue weighted by Gasteiger charge is 2.60. The predicted molar refractivity (Wildman–Crippen MR) is 108 cm³/mol. The third-order valence-electron chi connectivity index (χ3n) is 6.61. The summed E-state index contributed by atoms with van der Waals surface area (Å²) in [6.07, 6.45) is 2.85. The van der Waals surface area contributed by atoms with Crippen molar-refractivity contribution < 1.29 is 33.4 Å². The number of esters is 1. The molecule has 0 radical (unpaired) electrons. The molecule has 0 aromatic heterocycles. The highest BCUT2D eigenvalue weighted by atomic mass is 16.5. The number of amides is 3. The van der Waals surface area contributed by atoms with Crippen molar-refractivity contribution in [1.29, 1.82) is 0 Å². The molecule has 3 amide bonds. The van der Waals surface area contributed by atoms with E-state index in [0.29, 0.717) is 29.0 Å². The summed E-state index contributed by atoms with van der Waals surface area (Å²) in [5, 5.41) is 2.61. The van der Waals surface area contributed by atoms with E-state index in [1.54, 1.807) is 18.2 Å². The second-order valence-corrected chi connectivity index (χ2v) is 8.24. The molecule has 1 aromatic carbocycles. The number of anilines is 1. The van der Waals surface area contributed by atoms with Crippen LogP contribution >= 0.6 is 0 Å². The zero-order valence-electron chi connectivity index (χ0n) is 17.6. The van der Waals surface area contributed by atoms with Gasteiger partial charge in [-0.3, -0.25) is 24.1 Å². The van der Waals surface area contributed by atoms with Gasteiger partial charge < -0.3 is 19.5 Å². The Hall–Kier alpha value is -3.10. The number of fused-ring (bicyclic) bond motifs is 5. The number of nitrogens with one attached hydrogen (secondary N) is 1. The van der Waals surface area contributed by atoms with E-state index in [-0.39, 0.29) is 36.6 Å². The Balaban J connectivity index is 1.24.